The second-order valence-electron chi connectivity index (χ2n) is 7.61. The van der Waals surface area contributed by atoms with Gasteiger partial charge in [0.2, 0.25) is 0 Å². The van der Waals surface area contributed by atoms with Crippen molar-refractivity contribution < 1.29 is 0 Å². The van der Waals surface area contributed by atoms with Gasteiger partial charge in [0, 0.05) is 22.2 Å². The summed E-state index contributed by atoms with van der Waals surface area (Å²) in [5, 5.41) is 11.3. The zero-order valence-electron chi connectivity index (χ0n) is 17.1. The van der Waals surface area contributed by atoms with Gasteiger partial charge in [-0.3, -0.25) is 0 Å². The topological polar surface area (TPSA) is 27.0 Å². The molecule has 0 radical (unpaired) electrons. The summed E-state index contributed by atoms with van der Waals surface area (Å²) in [5.74, 6) is 0.120. The van der Waals surface area contributed by atoms with Gasteiger partial charge in [-0.15, -0.1) is 0 Å². The van der Waals surface area contributed by atoms with Crippen LogP contribution in [-0.2, 0) is 11.8 Å². The first-order chi connectivity index (χ1) is 13.4. The maximum atomic E-state index is 10.1. The molecule has 2 aromatic rings. The van der Waals surface area contributed by atoms with Gasteiger partial charge in [-0.25, -0.2) is 0 Å². The monoisotopic (exact) mass is 416 g/mol. The summed E-state index contributed by atoms with van der Waals surface area (Å²) in [7, 11) is 0. The second kappa shape index (κ2) is 10.9. The minimum atomic E-state index is -0.672. The quantitative estimate of drug-likeness (QED) is 0.427. The van der Waals surface area contributed by atoms with Crippen LogP contribution in [0.1, 0.15) is 44.7 Å². The van der Waals surface area contributed by atoms with Crippen LogP contribution in [0.2, 0.25) is 10.0 Å². The Morgan fingerprint density at radius 3 is 2.18 bits per heavy atom. The maximum absolute atomic E-state index is 10.1. The van der Waals surface area contributed by atoms with Gasteiger partial charge in [-0.2, -0.15) is 5.26 Å². The molecule has 0 aromatic heterocycles. The molecule has 4 heteroatoms. The number of rotatable bonds is 10. The van der Waals surface area contributed by atoms with E-state index in [0.717, 1.165) is 44.5 Å². The summed E-state index contributed by atoms with van der Waals surface area (Å²) in [6.07, 6.45) is 2.71. The highest BCUT2D eigenvalue weighted by molar-refractivity contribution is 6.36. The van der Waals surface area contributed by atoms with E-state index in [2.05, 4.69) is 56.0 Å². The molecule has 0 aliphatic carbocycles. The average Bonchev–Trinajstić information content (AvgIpc) is 2.69. The molecule has 150 valence electrons. The number of nitrogens with zero attached hydrogens (tertiary/aromatic N) is 2. The number of benzene rings is 2. The van der Waals surface area contributed by atoms with Crippen molar-refractivity contribution in [2.75, 3.05) is 19.6 Å². The fraction of sp³-hybridized carbons (Fsp3) is 0.458. The molecule has 28 heavy (non-hydrogen) atoms. The van der Waals surface area contributed by atoms with Gasteiger partial charge in [0.25, 0.3) is 0 Å². The minimum Gasteiger partial charge on any atom is -0.303 e. The van der Waals surface area contributed by atoms with E-state index in [-0.39, 0.29) is 5.92 Å². The molecule has 0 aliphatic heterocycles. The van der Waals surface area contributed by atoms with Crippen LogP contribution in [0, 0.1) is 17.2 Å². The molecule has 0 aliphatic rings. The van der Waals surface area contributed by atoms with Gasteiger partial charge in [0.1, 0.15) is 0 Å². The highest BCUT2D eigenvalue weighted by Crippen LogP contribution is 2.43. The third-order valence-electron chi connectivity index (χ3n) is 5.65. The summed E-state index contributed by atoms with van der Waals surface area (Å²) in [4.78, 5) is 2.45. The predicted molar refractivity (Wildman–Crippen MR) is 120 cm³/mol. The van der Waals surface area contributed by atoms with Crippen molar-refractivity contribution in [2.45, 2.75) is 45.4 Å². The third kappa shape index (κ3) is 5.51. The molecule has 2 aromatic carbocycles. The molecular weight excluding hydrogens is 387 g/mol. The largest absolute Gasteiger partial charge is 0.303 e. The van der Waals surface area contributed by atoms with Gasteiger partial charge in [-0.1, -0.05) is 80.4 Å². The maximum Gasteiger partial charge on any atom is 0.0874 e. The van der Waals surface area contributed by atoms with E-state index in [0.29, 0.717) is 10.0 Å². The van der Waals surface area contributed by atoms with E-state index in [1.165, 1.54) is 5.56 Å². The zero-order valence-corrected chi connectivity index (χ0v) is 18.6. The van der Waals surface area contributed by atoms with Crippen molar-refractivity contribution in [3.8, 4) is 6.07 Å². The molecule has 0 amide bonds. The van der Waals surface area contributed by atoms with Crippen LogP contribution in [-0.4, -0.2) is 24.5 Å². The van der Waals surface area contributed by atoms with Gasteiger partial charge < -0.3 is 4.90 Å². The molecule has 0 spiro atoms. The van der Waals surface area contributed by atoms with Crippen molar-refractivity contribution in [1.82, 2.24) is 4.90 Å². The van der Waals surface area contributed by atoms with E-state index in [1.54, 1.807) is 0 Å². The van der Waals surface area contributed by atoms with Crippen molar-refractivity contribution in [2.24, 2.45) is 5.92 Å². The Kier molecular flexibility index (Phi) is 8.83. The molecule has 0 N–H and O–H groups in total. The first-order valence-electron chi connectivity index (χ1n) is 10.1. The van der Waals surface area contributed by atoms with Crippen LogP contribution in [0.25, 0.3) is 0 Å². The van der Waals surface area contributed by atoms with E-state index in [1.807, 2.05) is 24.3 Å². The Morgan fingerprint density at radius 1 is 1.00 bits per heavy atom. The van der Waals surface area contributed by atoms with Crippen LogP contribution in [0.5, 0.6) is 0 Å². The molecule has 0 saturated carbocycles. The van der Waals surface area contributed by atoms with Gasteiger partial charge in [-0.05, 0) is 56.0 Å². The van der Waals surface area contributed by atoms with Crippen LogP contribution >= 0.6 is 23.2 Å². The van der Waals surface area contributed by atoms with Crippen molar-refractivity contribution in [3.63, 3.8) is 0 Å². The molecule has 2 rings (SSSR count). The van der Waals surface area contributed by atoms with E-state index < -0.39 is 5.41 Å². The smallest absolute Gasteiger partial charge is 0.0874 e. The summed E-state index contributed by atoms with van der Waals surface area (Å²) < 4.78 is 0. The first-order valence-corrected chi connectivity index (χ1v) is 10.8. The molecule has 0 saturated heterocycles. The first kappa shape index (κ1) is 22.8. The Balaban J connectivity index is 2.06. The number of hydrogen-bond donors (Lipinski definition) is 0. The van der Waals surface area contributed by atoms with E-state index >= 15 is 0 Å². The number of halogens is 2. The Hall–Kier alpha value is -1.53. The lowest BCUT2D eigenvalue weighted by atomic mass is 9.69. The van der Waals surface area contributed by atoms with Crippen molar-refractivity contribution in [3.05, 3.63) is 69.7 Å². The third-order valence-corrected chi connectivity index (χ3v) is 6.28. The molecule has 0 heterocycles. The van der Waals surface area contributed by atoms with Crippen LogP contribution < -0.4 is 0 Å². The van der Waals surface area contributed by atoms with Crippen LogP contribution in [0.4, 0.5) is 0 Å². The van der Waals surface area contributed by atoms with Gasteiger partial charge in [0.15, 0.2) is 0 Å². The predicted octanol–water partition coefficient (Wildman–Crippen LogP) is 6.76. The molecule has 2 nitrogen and oxygen atoms in total. The fourth-order valence-electron chi connectivity index (χ4n) is 3.81. The Morgan fingerprint density at radius 2 is 1.64 bits per heavy atom. The fourth-order valence-corrected chi connectivity index (χ4v) is 4.54. The lowest BCUT2D eigenvalue weighted by Crippen LogP contribution is -2.34. The second-order valence-corrected chi connectivity index (χ2v) is 8.42. The Bertz CT molecular complexity index is 763. The van der Waals surface area contributed by atoms with Crippen molar-refractivity contribution in [1.29, 1.82) is 5.26 Å². The summed E-state index contributed by atoms with van der Waals surface area (Å²) in [6, 6.07) is 18.6. The Labute approximate surface area is 180 Å². The highest BCUT2D eigenvalue weighted by atomic mass is 35.5. The lowest BCUT2D eigenvalue weighted by Gasteiger charge is -2.33. The van der Waals surface area contributed by atoms with Crippen LogP contribution in [0.3, 0.4) is 0 Å². The zero-order chi connectivity index (χ0) is 20.6. The summed E-state index contributed by atoms with van der Waals surface area (Å²) in [6.45, 7) is 9.33. The van der Waals surface area contributed by atoms with E-state index in [9.17, 15) is 5.26 Å². The molecular formula is C24H30Cl2N2. The highest BCUT2D eigenvalue weighted by Gasteiger charge is 2.39. The minimum absolute atomic E-state index is 0.120. The van der Waals surface area contributed by atoms with Gasteiger partial charge >= 0.3 is 0 Å². The van der Waals surface area contributed by atoms with Crippen molar-refractivity contribution >= 4 is 23.2 Å². The molecule has 0 fully saturated rings. The SMILES string of the molecule is CCN(CCCC(C#N)(c1c(Cl)cccc1Cl)C(C)C)CCc1ccccc1. The average molecular weight is 417 g/mol. The van der Waals surface area contributed by atoms with Crippen LogP contribution in [0.15, 0.2) is 48.5 Å². The molecule has 1 unspecified atom stereocenters. The molecule has 0 bridgehead atoms. The van der Waals surface area contributed by atoms with E-state index in [4.69, 9.17) is 23.2 Å². The lowest BCUT2D eigenvalue weighted by molar-refractivity contribution is 0.264. The summed E-state index contributed by atoms with van der Waals surface area (Å²) >= 11 is 13.0. The molecule has 1 atom stereocenters. The number of likely N-dealkylation sites (N-methyl/N-ethyl adjacent to an activating group) is 1. The summed E-state index contributed by atoms with van der Waals surface area (Å²) in [5.41, 5.74) is 1.47. The van der Waals surface area contributed by atoms with Gasteiger partial charge in [0.05, 0.1) is 11.5 Å². The normalized spacial score (nSPS) is 13.5. The number of hydrogen-bond acceptors (Lipinski definition) is 2. The number of nitriles is 1. The standard InChI is InChI=1S/C24H30Cl2N2/c1-4-28(17-14-20-10-6-5-7-11-20)16-9-15-24(18-27,19(2)3)23-21(25)12-8-13-22(23)26/h5-8,10-13,19H,4,9,14-17H2,1-3H3.